The summed E-state index contributed by atoms with van der Waals surface area (Å²) in [6.45, 7) is 0.148. The van der Waals surface area contributed by atoms with Crippen LogP contribution >= 0.6 is 23.8 Å². The van der Waals surface area contributed by atoms with E-state index in [1.165, 1.54) is 24.1 Å². The van der Waals surface area contributed by atoms with Crippen LogP contribution < -0.4 is 9.47 Å². The lowest BCUT2D eigenvalue weighted by Crippen LogP contribution is -2.26. The molecule has 1 amide bonds. The first kappa shape index (κ1) is 21.5. The van der Waals surface area contributed by atoms with Gasteiger partial charge in [-0.1, -0.05) is 11.6 Å². The molecule has 1 saturated heterocycles. The minimum absolute atomic E-state index is 0.00306. The monoisotopic (exact) mass is 447 g/mol. The van der Waals surface area contributed by atoms with Gasteiger partial charge < -0.3 is 14.4 Å². The second-order valence-electron chi connectivity index (χ2n) is 6.48. The zero-order chi connectivity index (χ0) is 22.0. The van der Waals surface area contributed by atoms with Gasteiger partial charge in [0.15, 0.2) is 16.6 Å². The zero-order valence-electron chi connectivity index (χ0n) is 16.4. The third kappa shape index (κ3) is 4.22. The molecule has 2 aromatic rings. The minimum atomic E-state index is -0.464. The van der Waals surface area contributed by atoms with E-state index in [1.807, 2.05) is 0 Å². The molecular formula is C20H18ClN3O5S. The fourth-order valence-corrected chi connectivity index (χ4v) is 3.33. The highest BCUT2D eigenvalue weighted by Gasteiger charge is 2.32. The molecule has 0 saturated carbocycles. The molecule has 0 unspecified atom stereocenters. The van der Waals surface area contributed by atoms with Crippen LogP contribution in [-0.4, -0.2) is 46.9 Å². The van der Waals surface area contributed by atoms with E-state index in [-0.39, 0.29) is 18.2 Å². The van der Waals surface area contributed by atoms with E-state index in [0.29, 0.717) is 32.9 Å². The molecule has 8 nitrogen and oxygen atoms in total. The molecule has 156 valence electrons. The third-order valence-electron chi connectivity index (χ3n) is 4.54. The number of carbonyl (C=O) groups is 1. The number of nitrogens with zero attached hydrogens (tertiary/aromatic N) is 3. The lowest BCUT2D eigenvalue weighted by molar-refractivity contribution is -0.384. The Kier molecular flexibility index (Phi) is 6.23. The molecule has 0 atom stereocenters. The minimum Gasteiger partial charge on any atom is -0.493 e. The Labute approximate surface area is 183 Å². The van der Waals surface area contributed by atoms with Gasteiger partial charge in [-0.15, -0.1) is 0 Å². The molecule has 2 aromatic carbocycles. The number of hydrogen-bond acceptors (Lipinski definition) is 6. The highest BCUT2D eigenvalue weighted by Crippen LogP contribution is 2.38. The van der Waals surface area contributed by atoms with Gasteiger partial charge in [0.2, 0.25) is 0 Å². The first-order chi connectivity index (χ1) is 14.2. The summed E-state index contributed by atoms with van der Waals surface area (Å²) >= 11 is 11.6. The van der Waals surface area contributed by atoms with E-state index in [1.54, 1.807) is 49.3 Å². The van der Waals surface area contributed by atoms with Gasteiger partial charge >= 0.3 is 0 Å². The number of benzene rings is 2. The van der Waals surface area contributed by atoms with Crippen molar-refractivity contribution in [3.05, 3.63) is 68.4 Å². The summed E-state index contributed by atoms with van der Waals surface area (Å²) in [6, 6.07) is 9.39. The summed E-state index contributed by atoms with van der Waals surface area (Å²) in [5.41, 5.74) is 1.80. The molecule has 30 heavy (non-hydrogen) atoms. The van der Waals surface area contributed by atoms with Crippen LogP contribution in [0.15, 0.2) is 42.1 Å². The van der Waals surface area contributed by atoms with Gasteiger partial charge in [-0.05, 0) is 53.7 Å². The van der Waals surface area contributed by atoms with Crippen LogP contribution in [0.2, 0.25) is 5.02 Å². The van der Waals surface area contributed by atoms with Crippen molar-refractivity contribution < 1.29 is 19.2 Å². The highest BCUT2D eigenvalue weighted by molar-refractivity contribution is 7.80. The van der Waals surface area contributed by atoms with Crippen LogP contribution in [0.4, 0.5) is 5.69 Å². The van der Waals surface area contributed by atoms with Crippen LogP contribution in [0.1, 0.15) is 11.1 Å². The van der Waals surface area contributed by atoms with Gasteiger partial charge in [0, 0.05) is 26.2 Å². The number of methoxy groups -OCH3 is 1. The SMILES string of the molecule is COc1cc(/C=C2/C(=O)N(C)C(=S)N2C)cc(Cl)c1OCc1ccc([N+](=O)[O-])cc1. The Bertz CT molecular complexity index is 1060. The van der Waals surface area contributed by atoms with Gasteiger partial charge in [-0.25, -0.2) is 0 Å². The smallest absolute Gasteiger partial charge is 0.276 e. The number of nitro groups is 1. The third-order valence-corrected chi connectivity index (χ3v) is 5.37. The number of non-ortho nitro benzene ring substituents is 1. The maximum Gasteiger partial charge on any atom is 0.276 e. The van der Waals surface area contributed by atoms with E-state index in [0.717, 1.165) is 5.56 Å². The second kappa shape index (κ2) is 8.68. The van der Waals surface area contributed by atoms with Gasteiger partial charge in [0.25, 0.3) is 11.6 Å². The largest absolute Gasteiger partial charge is 0.493 e. The molecule has 0 aromatic heterocycles. The molecule has 0 bridgehead atoms. The second-order valence-corrected chi connectivity index (χ2v) is 7.25. The van der Waals surface area contributed by atoms with Crippen molar-refractivity contribution in [2.75, 3.05) is 21.2 Å². The quantitative estimate of drug-likeness (QED) is 0.287. The lowest BCUT2D eigenvalue weighted by atomic mass is 10.1. The average Bonchev–Trinajstić information content (AvgIpc) is 2.90. The number of nitro benzene ring substituents is 1. The number of ether oxygens (including phenoxy) is 2. The summed E-state index contributed by atoms with van der Waals surface area (Å²) in [6.07, 6.45) is 1.67. The maximum atomic E-state index is 12.4. The van der Waals surface area contributed by atoms with E-state index < -0.39 is 4.92 Å². The van der Waals surface area contributed by atoms with Crippen LogP contribution in [0.3, 0.4) is 0 Å². The molecule has 3 rings (SSSR count). The van der Waals surface area contributed by atoms with Crippen LogP contribution in [0.5, 0.6) is 11.5 Å². The predicted molar refractivity (Wildman–Crippen MR) is 117 cm³/mol. The van der Waals surface area contributed by atoms with Crippen molar-refractivity contribution in [2.24, 2.45) is 0 Å². The fourth-order valence-electron chi connectivity index (χ4n) is 2.88. The van der Waals surface area contributed by atoms with Gasteiger partial charge in [0.05, 0.1) is 17.1 Å². The predicted octanol–water partition coefficient (Wildman–Crippen LogP) is 3.87. The highest BCUT2D eigenvalue weighted by atomic mass is 35.5. The summed E-state index contributed by atoms with van der Waals surface area (Å²) in [5.74, 6) is 0.509. The molecule has 1 fully saturated rings. The van der Waals surface area contributed by atoms with Crippen molar-refractivity contribution in [1.82, 2.24) is 9.80 Å². The van der Waals surface area contributed by atoms with Crippen molar-refractivity contribution >= 4 is 46.6 Å². The average molecular weight is 448 g/mol. The number of halogens is 1. The summed E-state index contributed by atoms with van der Waals surface area (Å²) in [5, 5.41) is 11.5. The van der Waals surface area contributed by atoms with E-state index >= 15 is 0 Å². The van der Waals surface area contributed by atoms with Gasteiger partial charge in [-0.3, -0.25) is 19.8 Å². The van der Waals surface area contributed by atoms with E-state index in [4.69, 9.17) is 33.3 Å². The maximum absolute atomic E-state index is 12.4. The number of carbonyl (C=O) groups excluding carboxylic acids is 1. The normalized spacial score (nSPS) is 15.1. The number of rotatable bonds is 6. The van der Waals surface area contributed by atoms with Crippen molar-refractivity contribution in [2.45, 2.75) is 6.61 Å². The molecule has 10 heteroatoms. The summed E-state index contributed by atoms with van der Waals surface area (Å²) < 4.78 is 11.2. The van der Waals surface area contributed by atoms with E-state index in [9.17, 15) is 14.9 Å². The molecule has 0 aliphatic carbocycles. The standard InChI is InChI=1S/C20H18ClN3O5S/c1-22-16(19(25)23(2)20(22)30)9-13-8-15(21)18(17(10-13)28-3)29-11-12-4-6-14(7-5-12)24(26)27/h4-10H,11H2,1-3H3/b16-9-. The number of hydrogen-bond donors (Lipinski definition) is 0. The summed E-state index contributed by atoms with van der Waals surface area (Å²) in [4.78, 5) is 25.7. The Morgan fingerprint density at radius 2 is 1.87 bits per heavy atom. The Morgan fingerprint density at radius 1 is 1.20 bits per heavy atom. The summed E-state index contributed by atoms with van der Waals surface area (Å²) in [7, 11) is 4.82. The van der Waals surface area contributed by atoms with Crippen molar-refractivity contribution in [3.63, 3.8) is 0 Å². The molecular weight excluding hydrogens is 430 g/mol. The fraction of sp³-hybridized carbons (Fsp3) is 0.200. The first-order valence-electron chi connectivity index (χ1n) is 8.74. The number of amides is 1. The molecule has 0 radical (unpaired) electrons. The Balaban J connectivity index is 1.84. The Hall–Kier alpha value is -3.17. The Morgan fingerprint density at radius 3 is 2.40 bits per heavy atom. The molecule has 1 aliphatic heterocycles. The molecule has 0 N–H and O–H groups in total. The van der Waals surface area contributed by atoms with Crippen molar-refractivity contribution in [3.8, 4) is 11.5 Å². The van der Waals surface area contributed by atoms with Gasteiger partial charge in [0.1, 0.15) is 12.3 Å². The van der Waals surface area contributed by atoms with Crippen LogP contribution in [-0.2, 0) is 11.4 Å². The van der Waals surface area contributed by atoms with Crippen molar-refractivity contribution in [1.29, 1.82) is 0 Å². The van der Waals surface area contributed by atoms with Gasteiger partial charge in [-0.2, -0.15) is 0 Å². The lowest BCUT2D eigenvalue weighted by Gasteiger charge is -2.14. The molecule has 0 spiro atoms. The first-order valence-corrected chi connectivity index (χ1v) is 9.52. The number of likely N-dealkylation sites (N-methyl/N-ethyl adjacent to an activating group) is 2. The van der Waals surface area contributed by atoms with E-state index in [2.05, 4.69) is 0 Å². The van der Waals surface area contributed by atoms with Crippen LogP contribution in [0.25, 0.3) is 6.08 Å². The zero-order valence-corrected chi connectivity index (χ0v) is 18.0. The van der Waals surface area contributed by atoms with Crippen LogP contribution in [0, 0.1) is 10.1 Å². The number of thiocarbonyl (C=S) groups is 1. The topological polar surface area (TPSA) is 85.2 Å². The molecule has 1 heterocycles. The molecule has 1 aliphatic rings.